The second kappa shape index (κ2) is 6.89. The van der Waals surface area contributed by atoms with E-state index in [0.29, 0.717) is 10.6 Å². The molecule has 0 radical (unpaired) electrons. The largest absolute Gasteiger partial charge is 0.453 e. The van der Waals surface area contributed by atoms with Gasteiger partial charge in [0.1, 0.15) is 0 Å². The number of nitrogens with two attached hydrogens (primary N) is 1. The zero-order valence-electron chi connectivity index (χ0n) is 10.4. The van der Waals surface area contributed by atoms with E-state index in [1.165, 1.54) is 6.92 Å². The standard InChI is InChI=1S/C13H14ClNO4/c1-8(13(15)18)19-12(17)7-6-11(16)9-2-4-10(14)5-3-9/h2-5,8H,6-7H2,1H3,(H2,15,18)/t8-/m1/s1. The molecule has 0 saturated heterocycles. The minimum absolute atomic E-state index is 0.00590. The molecule has 0 spiro atoms. The third-order valence-corrected chi connectivity index (χ3v) is 2.68. The van der Waals surface area contributed by atoms with Crippen LogP contribution in [0.4, 0.5) is 0 Å². The van der Waals surface area contributed by atoms with Crippen LogP contribution in [0.3, 0.4) is 0 Å². The lowest BCUT2D eigenvalue weighted by atomic mass is 10.1. The lowest BCUT2D eigenvalue weighted by molar-refractivity contribution is -0.153. The summed E-state index contributed by atoms with van der Waals surface area (Å²) in [6.07, 6.45) is -1.08. The fourth-order valence-electron chi connectivity index (χ4n) is 1.31. The lowest BCUT2D eigenvalue weighted by Crippen LogP contribution is -2.30. The maximum Gasteiger partial charge on any atom is 0.307 e. The first-order chi connectivity index (χ1) is 8.90. The molecule has 0 bridgehead atoms. The fourth-order valence-corrected chi connectivity index (χ4v) is 1.44. The first-order valence-electron chi connectivity index (χ1n) is 5.67. The SMILES string of the molecule is C[C@@H](OC(=O)CCC(=O)c1ccc(Cl)cc1)C(N)=O. The minimum Gasteiger partial charge on any atom is -0.453 e. The van der Waals surface area contributed by atoms with Crippen LogP contribution in [0.15, 0.2) is 24.3 Å². The zero-order chi connectivity index (χ0) is 14.4. The number of rotatable bonds is 6. The number of Topliss-reactive ketones (excluding diaryl/α,β-unsaturated/α-hetero) is 1. The van der Waals surface area contributed by atoms with Crippen LogP contribution in [0.1, 0.15) is 30.1 Å². The molecule has 1 aromatic carbocycles. The van der Waals surface area contributed by atoms with Gasteiger partial charge in [0, 0.05) is 17.0 Å². The van der Waals surface area contributed by atoms with Crippen LogP contribution >= 0.6 is 11.6 Å². The van der Waals surface area contributed by atoms with Crippen LogP contribution in [-0.2, 0) is 14.3 Å². The summed E-state index contributed by atoms with van der Waals surface area (Å²) in [6.45, 7) is 1.38. The average molecular weight is 284 g/mol. The molecule has 102 valence electrons. The highest BCUT2D eigenvalue weighted by atomic mass is 35.5. The molecule has 19 heavy (non-hydrogen) atoms. The molecule has 1 aromatic rings. The minimum atomic E-state index is -0.988. The van der Waals surface area contributed by atoms with Crippen molar-refractivity contribution in [3.8, 4) is 0 Å². The van der Waals surface area contributed by atoms with E-state index in [0.717, 1.165) is 0 Å². The van der Waals surface area contributed by atoms with Gasteiger partial charge in [-0.05, 0) is 31.2 Å². The summed E-state index contributed by atoms with van der Waals surface area (Å²) in [5, 5.41) is 0.534. The molecular weight excluding hydrogens is 270 g/mol. The quantitative estimate of drug-likeness (QED) is 0.636. The van der Waals surface area contributed by atoms with Gasteiger partial charge < -0.3 is 10.5 Å². The highest BCUT2D eigenvalue weighted by Gasteiger charge is 2.16. The van der Waals surface area contributed by atoms with Crippen LogP contribution in [0, 0.1) is 0 Å². The Kier molecular flexibility index (Phi) is 5.51. The number of amides is 1. The normalized spacial score (nSPS) is 11.7. The van der Waals surface area contributed by atoms with Crippen molar-refractivity contribution in [1.29, 1.82) is 0 Å². The Balaban J connectivity index is 2.44. The molecule has 0 heterocycles. The summed E-state index contributed by atoms with van der Waals surface area (Å²) in [7, 11) is 0. The molecule has 5 nitrogen and oxygen atoms in total. The first kappa shape index (κ1) is 15.2. The van der Waals surface area contributed by atoms with Crippen molar-refractivity contribution in [2.45, 2.75) is 25.9 Å². The van der Waals surface area contributed by atoms with Gasteiger partial charge in [-0.2, -0.15) is 0 Å². The number of hydrogen-bond donors (Lipinski definition) is 1. The van der Waals surface area contributed by atoms with Crippen molar-refractivity contribution < 1.29 is 19.1 Å². The Morgan fingerprint density at radius 3 is 2.32 bits per heavy atom. The van der Waals surface area contributed by atoms with Crippen LogP contribution < -0.4 is 5.73 Å². The van der Waals surface area contributed by atoms with Gasteiger partial charge in [-0.1, -0.05) is 11.6 Å². The Labute approximate surface area is 115 Å². The molecule has 0 aliphatic heterocycles. The lowest BCUT2D eigenvalue weighted by Gasteiger charge is -2.09. The molecule has 0 aliphatic rings. The van der Waals surface area contributed by atoms with Gasteiger partial charge in [-0.15, -0.1) is 0 Å². The van der Waals surface area contributed by atoms with E-state index in [4.69, 9.17) is 22.1 Å². The fraction of sp³-hybridized carbons (Fsp3) is 0.308. The van der Waals surface area contributed by atoms with E-state index in [1.807, 2.05) is 0 Å². The van der Waals surface area contributed by atoms with Crippen LogP contribution in [0.5, 0.6) is 0 Å². The van der Waals surface area contributed by atoms with Gasteiger partial charge in [0.05, 0.1) is 6.42 Å². The summed E-state index contributed by atoms with van der Waals surface area (Å²) in [5.41, 5.74) is 5.42. The van der Waals surface area contributed by atoms with Crippen LogP contribution in [0.25, 0.3) is 0 Å². The molecule has 6 heteroatoms. The van der Waals surface area contributed by atoms with E-state index in [1.54, 1.807) is 24.3 Å². The predicted molar refractivity (Wildman–Crippen MR) is 69.8 cm³/mol. The van der Waals surface area contributed by atoms with Crippen LogP contribution in [-0.4, -0.2) is 23.8 Å². The number of primary amides is 1. The molecule has 0 fully saturated rings. The summed E-state index contributed by atoms with van der Waals surface area (Å²) >= 11 is 5.70. The molecule has 0 unspecified atom stereocenters. The number of hydrogen-bond acceptors (Lipinski definition) is 4. The predicted octanol–water partition coefficient (Wildman–Crippen LogP) is 1.72. The third kappa shape index (κ3) is 5.09. The maximum atomic E-state index is 11.7. The van der Waals surface area contributed by atoms with Gasteiger partial charge in [0.25, 0.3) is 5.91 Å². The van der Waals surface area contributed by atoms with Crippen molar-refractivity contribution in [3.05, 3.63) is 34.9 Å². The maximum absolute atomic E-state index is 11.7. The molecule has 1 rings (SSSR count). The van der Waals surface area contributed by atoms with E-state index < -0.39 is 18.0 Å². The monoisotopic (exact) mass is 283 g/mol. The molecule has 0 aliphatic carbocycles. The Morgan fingerprint density at radius 1 is 1.21 bits per heavy atom. The molecule has 2 N–H and O–H groups in total. The van der Waals surface area contributed by atoms with Crippen molar-refractivity contribution in [3.63, 3.8) is 0 Å². The Hall–Kier alpha value is -1.88. The summed E-state index contributed by atoms with van der Waals surface area (Å²) in [4.78, 5) is 33.8. The number of carbonyl (C=O) groups excluding carboxylic acids is 3. The van der Waals surface area contributed by atoms with Gasteiger partial charge >= 0.3 is 5.97 Å². The molecule has 0 saturated carbocycles. The Bertz CT molecular complexity index is 484. The topological polar surface area (TPSA) is 86.5 Å². The number of benzene rings is 1. The Morgan fingerprint density at radius 2 is 1.79 bits per heavy atom. The number of ether oxygens (including phenoxy) is 1. The number of esters is 1. The van der Waals surface area contributed by atoms with E-state index in [9.17, 15) is 14.4 Å². The summed E-state index contributed by atoms with van der Waals surface area (Å²) in [5.74, 6) is -1.55. The first-order valence-corrected chi connectivity index (χ1v) is 6.05. The number of halogens is 1. The number of carbonyl (C=O) groups is 3. The van der Waals surface area contributed by atoms with Crippen molar-refractivity contribution in [2.24, 2.45) is 5.73 Å². The van der Waals surface area contributed by atoms with Gasteiger partial charge in [0.2, 0.25) is 0 Å². The van der Waals surface area contributed by atoms with E-state index in [-0.39, 0.29) is 18.6 Å². The third-order valence-electron chi connectivity index (χ3n) is 2.43. The summed E-state index contributed by atoms with van der Waals surface area (Å²) in [6, 6.07) is 6.37. The van der Waals surface area contributed by atoms with Gasteiger partial charge in [-0.3, -0.25) is 14.4 Å². The second-order valence-electron chi connectivity index (χ2n) is 3.96. The van der Waals surface area contributed by atoms with E-state index >= 15 is 0 Å². The highest BCUT2D eigenvalue weighted by Crippen LogP contribution is 2.12. The molecule has 1 atom stereocenters. The van der Waals surface area contributed by atoms with Crippen molar-refractivity contribution in [1.82, 2.24) is 0 Å². The van der Waals surface area contributed by atoms with Gasteiger partial charge in [-0.25, -0.2) is 0 Å². The number of ketones is 1. The average Bonchev–Trinajstić information content (AvgIpc) is 2.36. The van der Waals surface area contributed by atoms with E-state index in [2.05, 4.69) is 0 Å². The van der Waals surface area contributed by atoms with Crippen molar-refractivity contribution in [2.75, 3.05) is 0 Å². The zero-order valence-corrected chi connectivity index (χ0v) is 11.1. The van der Waals surface area contributed by atoms with Crippen LogP contribution in [0.2, 0.25) is 5.02 Å². The van der Waals surface area contributed by atoms with Gasteiger partial charge in [0.15, 0.2) is 11.9 Å². The highest BCUT2D eigenvalue weighted by molar-refractivity contribution is 6.30. The van der Waals surface area contributed by atoms with Crippen molar-refractivity contribution >= 4 is 29.3 Å². The molecular formula is C13H14ClNO4. The smallest absolute Gasteiger partial charge is 0.307 e. The second-order valence-corrected chi connectivity index (χ2v) is 4.40. The molecule has 1 amide bonds. The summed E-state index contributed by atoms with van der Waals surface area (Å²) < 4.78 is 4.73. The molecule has 0 aromatic heterocycles.